The number of hydrogen-bond donors (Lipinski definition) is 1. The van der Waals surface area contributed by atoms with E-state index in [1.165, 1.54) is 30.4 Å². The van der Waals surface area contributed by atoms with Crippen molar-refractivity contribution in [2.75, 3.05) is 23.0 Å². The summed E-state index contributed by atoms with van der Waals surface area (Å²) < 4.78 is 110. The lowest BCUT2D eigenvalue weighted by atomic mass is 9.59. The highest BCUT2D eigenvalue weighted by Gasteiger charge is 2.70. The van der Waals surface area contributed by atoms with Gasteiger partial charge in [-0.05, 0) is 106 Å². The molecule has 8 aliphatic rings. The van der Waals surface area contributed by atoms with E-state index in [2.05, 4.69) is 11.8 Å². The quantitative estimate of drug-likeness (QED) is 0.100. The molecule has 51 heavy (non-hydrogen) atoms. The summed E-state index contributed by atoms with van der Waals surface area (Å²) >= 11 is 2.82. The predicted octanol–water partition coefficient (Wildman–Crippen LogP) is 9.52. The van der Waals surface area contributed by atoms with Crippen molar-refractivity contribution in [1.29, 1.82) is 0 Å². The van der Waals surface area contributed by atoms with Crippen LogP contribution in [0, 0.1) is 35.5 Å². The van der Waals surface area contributed by atoms with Gasteiger partial charge in [0, 0.05) is 42.1 Å². The van der Waals surface area contributed by atoms with Gasteiger partial charge in [-0.3, -0.25) is 0 Å². The Bertz CT molecular complexity index is 1360. The molecule has 0 aromatic heterocycles. The van der Waals surface area contributed by atoms with Crippen molar-refractivity contribution in [3.05, 3.63) is 22.7 Å². The fourth-order valence-corrected chi connectivity index (χ4v) is 12.1. The second-order valence-electron chi connectivity index (χ2n) is 15.7. The summed E-state index contributed by atoms with van der Waals surface area (Å²) in [6.45, 7) is 5.29. The number of unbranched alkanes of at least 4 members (excludes halogenated alkanes) is 1. The van der Waals surface area contributed by atoms with E-state index in [4.69, 9.17) is 28.7 Å². The lowest BCUT2D eigenvalue weighted by Crippen LogP contribution is -2.67. The van der Waals surface area contributed by atoms with Gasteiger partial charge in [-0.25, -0.2) is 19.9 Å². The maximum Gasteiger partial charge on any atom is 0.449 e. The number of allylic oxidation sites excluding steroid dienone is 2. The maximum absolute atomic E-state index is 14.5. The summed E-state index contributed by atoms with van der Waals surface area (Å²) in [7, 11) is 0. The number of hydrogen-bond acceptors (Lipinski definition) is 10. The van der Waals surface area contributed by atoms with E-state index >= 15 is 0 Å². The molecule has 1 N–H and O–H groups in total. The van der Waals surface area contributed by atoms with Crippen LogP contribution in [0.25, 0.3) is 0 Å². The van der Waals surface area contributed by atoms with Gasteiger partial charge < -0.3 is 18.9 Å². The first-order valence-corrected chi connectivity index (χ1v) is 20.5. The van der Waals surface area contributed by atoms with E-state index in [0.717, 1.165) is 19.3 Å². The molecule has 11 atom stereocenters. The summed E-state index contributed by atoms with van der Waals surface area (Å²) in [5, 5.41) is 9.45. The van der Waals surface area contributed by atoms with Gasteiger partial charge in [-0.1, -0.05) is 13.3 Å². The Morgan fingerprint density at radius 3 is 2.18 bits per heavy atom. The number of thioether (sulfide) groups is 2. The monoisotopic (exact) mass is 774 g/mol. The fourth-order valence-electron chi connectivity index (χ4n) is 9.93. The molecule has 2 saturated carbocycles. The molecule has 0 radical (unpaired) electrons. The number of rotatable bonds is 10. The number of fused-ring (bicyclic) bond motifs is 2. The van der Waals surface area contributed by atoms with Gasteiger partial charge in [0.1, 0.15) is 0 Å². The van der Waals surface area contributed by atoms with E-state index in [0.29, 0.717) is 62.9 Å². The summed E-state index contributed by atoms with van der Waals surface area (Å²) in [4.78, 5) is 16.4. The Labute approximate surface area is 302 Å². The molecule has 6 fully saturated rings. The van der Waals surface area contributed by atoms with Crippen LogP contribution in [0.15, 0.2) is 22.7 Å². The minimum absolute atomic E-state index is 0.0739. The van der Waals surface area contributed by atoms with Gasteiger partial charge in [-0.2, -0.15) is 49.9 Å². The van der Waals surface area contributed by atoms with Crippen molar-refractivity contribution >= 4 is 23.5 Å². The highest BCUT2D eigenvalue weighted by Crippen LogP contribution is 2.62. The van der Waals surface area contributed by atoms with Crippen molar-refractivity contribution in [1.82, 2.24) is 0 Å². The van der Waals surface area contributed by atoms with Crippen LogP contribution in [0.5, 0.6) is 0 Å². The zero-order valence-electron chi connectivity index (χ0n) is 29.1. The first-order valence-electron chi connectivity index (χ1n) is 18.2. The molecule has 0 amide bonds. The smallest absolute Gasteiger partial charge is 0.449 e. The molecule has 2 aliphatic carbocycles. The van der Waals surface area contributed by atoms with Crippen LogP contribution in [0.2, 0.25) is 0 Å². The maximum atomic E-state index is 14.5. The van der Waals surface area contributed by atoms with Gasteiger partial charge >= 0.3 is 12.4 Å². The zero-order chi connectivity index (χ0) is 36.4. The fraction of sp³-hybridized carbons (Fsp3) is 0.886. The molecule has 16 heteroatoms. The first kappa shape index (κ1) is 38.4. The Hall–Kier alpha value is -0.880. The van der Waals surface area contributed by atoms with Crippen LogP contribution in [-0.2, 0) is 33.6 Å². The molecule has 290 valence electrons. The van der Waals surface area contributed by atoms with Crippen molar-refractivity contribution in [3.63, 3.8) is 0 Å². The average molecular weight is 775 g/mol. The van der Waals surface area contributed by atoms with Crippen LogP contribution in [0.1, 0.15) is 91.4 Å². The molecule has 0 aromatic rings. The Kier molecular flexibility index (Phi) is 10.8. The lowest BCUT2D eigenvalue weighted by molar-refractivity contribution is -0.557. The van der Waals surface area contributed by atoms with E-state index in [-0.39, 0.29) is 52.2 Å². The van der Waals surface area contributed by atoms with E-state index in [9.17, 15) is 31.6 Å². The predicted molar refractivity (Wildman–Crippen MR) is 176 cm³/mol. The second-order valence-corrected chi connectivity index (χ2v) is 17.9. The first-order chi connectivity index (χ1) is 24.1. The third kappa shape index (κ3) is 7.19. The van der Waals surface area contributed by atoms with Crippen molar-refractivity contribution in [2.24, 2.45) is 35.5 Å². The topological polar surface area (TPSA) is 84.8 Å². The van der Waals surface area contributed by atoms with Crippen molar-refractivity contribution < 1.29 is 65.2 Å². The SMILES string of the molecule is C[C@@H]1CC[C@H]2C(CSCCCCSCC3=C(C(F)(F)F)O[C@@H]4O[C@](C)(OO)CCC5CCC[C@@H]3C54)=C(C(F)(F)F)O[C@@H]3OC4(C)CCC1[C@]32OO4. The molecule has 1 spiro atoms. The van der Waals surface area contributed by atoms with E-state index < -0.39 is 59.5 Å². The second kappa shape index (κ2) is 14.3. The van der Waals surface area contributed by atoms with E-state index in [1.807, 2.05) is 0 Å². The van der Waals surface area contributed by atoms with Gasteiger partial charge in [0.05, 0.1) is 0 Å². The highest BCUT2D eigenvalue weighted by molar-refractivity contribution is 7.99. The molecular weight excluding hydrogens is 726 g/mol. The van der Waals surface area contributed by atoms with Gasteiger partial charge in [0.2, 0.25) is 35.7 Å². The standard InChI is InChI=1S/C35H48F6O8S2/c1-19-9-10-25-23(28(35(39,40)41)44-30-33(25)24(19)12-14-32(3,46-30)48-49-33)18-51-16-5-4-15-50-17-22-21-8-6-7-20-11-13-31(2,47-42)45-29(26(20)21)43-27(22)34(36,37)38/h19-21,24-26,29-30,42H,4-18H2,1-3H3/t19-,20?,21+,24?,25+,26?,29-,30-,31-,32?,33-/m1/s1. The minimum Gasteiger partial charge on any atom is -0.459 e. The van der Waals surface area contributed by atoms with Gasteiger partial charge in [0.15, 0.2) is 5.60 Å². The molecule has 6 heterocycles. The average Bonchev–Trinajstić information content (AvgIpc) is 3.39. The molecule has 4 saturated heterocycles. The minimum atomic E-state index is -4.70. The zero-order valence-corrected chi connectivity index (χ0v) is 30.7. The molecule has 6 aliphatic heterocycles. The van der Waals surface area contributed by atoms with Crippen molar-refractivity contribution in [3.8, 4) is 0 Å². The van der Waals surface area contributed by atoms with Crippen molar-refractivity contribution in [2.45, 2.75) is 134 Å². The van der Waals surface area contributed by atoms with Crippen LogP contribution in [0.3, 0.4) is 0 Å². The normalized spacial score (nSPS) is 42.4. The molecule has 4 unspecified atom stereocenters. The van der Waals surface area contributed by atoms with Gasteiger partial charge in [-0.15, -0.1) is 0 Å². The Balaban J connectivity index is 0.969. The lowest BCUT2D eigenvalue weighted by Gasteiger charge is -2.57. The summed E-state index contributed by atoms with van der Waals surface area (Å²) in [6, 6.07) is 0. The van der Waals surface area contributed by atoms with Gasteiger partial charge in [0.25, 0.3) is 0 Å². The number of alkyl halides is 6. The Morgan fingerprint density at radius 2 is 1.49 bits per heavy atom. The molecule has 0 aromatic carbocycles. The number of halogens is 6. The highest BCUT2D eigenvalue weighted by atomic mass is 32.2. The Morgan fingerprint density at radius 1 is 0.804 bits per heavy atom. The molecule has 2 bridgehead atoms. The molecular formula is C35H48F6O8S2. The third-order valence-electron chi connectivity index (χ3n) is 12.4. The summed E-state index contributed by atoms with van der Waals surface area (Å²) in [6.07, 6.45) is -4.62. The summed E-state index contributed by atoms with van der Waals surface area (Å²) in [5.41, 5.74) is -0.688. The largest absolute Gasteiger partial charge is 0.459 e. The number of ether oxygens (including phenoxy) is 4. The van der Waals surface area contributed by atoms with Crippen LogP contribution in [0.4, 0.5) is 26.3 Å². The molecule has 8 nitrogen and oxygen atoms in total. The summed E-state index contributed by atoms with van der Waals surface area (Å²) in [5.74, 6) is -4.05. The van der Waals surface area contributed by atoms with Crippen LogP contribution >= 0.6 is 23.5 Å². The van der Waals surface area contributed by atoms with E-state index in [1.54, 1.807) is 6.92 Å². The van der Waals surface area contributed by atoms with Crippen LogP contribution in [-0.4, -0.2) is 70.4 Å². The van der Waals surface area contributed by atoms with Crippen LogP contribution < -0.4 is 0 Å². The molecule has 8 rings (SSSR count). The third-order valence-corrected chi connectivity index (χ3v) is 14.6.